The zero-order valence-corrected chi connectivity index (χ0v) is 11.8. The minimum atomic E-state index is 0.247. The van der Waals surface area contributed by atoms with Gasteiger partial charge in [0.15, 0.2) is 0 Å². The van der Waals surface area contributed by atoms with Gasteiger partial charge in [0.2, 0.25) is 0 Å². The lowest BCUT2D eigenvalue weighted by molar-refractivity contribution is 0.769. The van der Waals surface area contributed by atoms with Gasteiger partial charge in [-0.05, 0) is 6.92 Å². The first-order valence-electron chi connectivity index (χ1n) is 6.33. The maximum Gasteiger partial charge on any atom is 0.135 e. The van der Waals surface area contributed by atoms with Crippen LogP contribution < -0.4 is 11.1 Å². The van der Waals surface area contributed by atoms with Gasteiger partial charge in [0.1, 0.15) is 23.3 Å². The molecule has 2 rings (SSSR count). The molecule has 0 aliphatic heterocycles. The molecule has 0 saturated heterocycles. The molecule has 0 saturated carbocycles. The average Bonchev–Trinajstić information content (AvgIpc) is 2.76. The van der Waals surface area contributed by atoms with E-state index in [2.05, 4.69) is 20.3 Å². The van der Waals surface area contributed by atoms with Crippen molar-refractivity contribution in [1.29, 1.82) is 0 Å². The van der Waals surface area contributed by atoms with E-state index in [9.17, 15) is 0 Å². The molecule has 6 nitrogen and oxygen atoms in total. The standard InChI is InChI=1S/C13H20N6/c1-8(2)12-17-11(14)9(3)13(18-12)16-7-10-15-5-6-19(10)4/h5-6,8H,7H2,1-4H3,(H3,14,16,17,18). The minimum absolute atomic E-state index is 0.247. The van der Waals surface area contributed by atoms with Crippen LogP contribution in [0.5, 0.6) is 0 Å². The highest BCUT2D eigenvalue weighted by molar-refractivity contribution is 5.54. The van der Waals surface area contributed by atoms with Crippen molar-refractivity contribution in [2.75, 3.05) is 11.1 Å². The Bertz CT molecular complexity index is 573. The number of hydrogen-bond donors (Lipinski definition) is 2. The van der Waals surface area contributed by atoms with E-state index >= 15 is 0 Å². The largest absolute Gasteiger partial charge is 0.383 e. The Morgan fingerprint density at radius 3 is 2.68 bits per heavy atom. The first-order valence-corrected chi connectivity index (χ1v) is 6.33. The molecule has 0 atom stereocenters. The Morgan fingerprint density at radius 2 is 2.11 bits per heavy atom. The van der Waals surface area contributed by atoms with Crippen molar-refractivity contribution in [2.24, 2.45) is 7.05 Å². The van der Waals surface area contributed by atoms with E-state index < -0.39 is 0 Å². The number of nitrogens with two attached hydrogens (primary N) is 1. The first kappa shape index (κ1) is 13.3. The van der Waals surface area contributed by atoms with Crippen molar-refractivity contribution >= 4 is 11.6 Å². The number of aryl methyl sites for hydroxylation is 1. The summed E-state index contributed by atoms with van der Waals surface area (Å²) in [6, 6.07) is 0. The Hall–Kier alpha value is -2.11. The van der Waals surface area contributed by atoms with Gasteiger partial charge in [-0.1, -0.05) is 13.8 Å². The molecule has 2 aromatic rings. The Labute approximate surface area is 113 Å². The molecule has 2 aromatic heterocycles. The normalized spacial score (nSPS) is 11.0. The first-order chi connectivity index (χ1) is 8.99. The molecule has 0 amide bonds. The number of nitrogens with zero attached hydrogens (tertiary/aromatic N) is 4. The second kappa shape index (κ2) is 5.26. The van der Waals surface area contributed by atoms with Crippen LogP contribution in [0, 0.1) is 6.92 Å². The molecule has 0 aliphatic carbocycles. The van der Waals surface area contributed by atoms with Crippen LogP contribution in [0.15, 0.2) is 12.4 Å². The SMILES string of the molecule is Cc1c(N)nc(C(C)C)nc1NCc1nccn1C. The molecule has 0 fully saturated rings. The number of aromatic nitrogens is 4. The number of imidazole rings is 1. The molecule has 0 unspecified atom stereocenters. The predicted octanol–water partition coefficient (Wildman–Crippen LogP) is 1.84. The number of nitrogens with one attached hydrogen (secondary N) is 1. The zero-order valence-electron chi connectivity index (χ0n) is 11.8. The van der Waals surface area contributed by atoms with Gasteiger partial charge in [0.25, 0.3) is 0 Å². The second-order valence-corrected chi connectivity index (χ2v) is 4.90. The summed E-state index contributed by atoms with van der Waals surface area (Å²) >= 11 is 0. The van der Waals surface area contributed by atoms with E-state index in [0.717, 1.165) is 23.0 Å². The average molecular weight is 260 g/mol. The third-order valence-electron chi connectivity index (χ3n) is 3.05. The van der Waals surface area contributed by atoms with Crippen molar-refractivity contribution in [3.8, 4) is 0 Å². The van der Waals surface area contributed by atoms with Gasteiger partial charge in [-0.15, -0.1) is 0 Å². The fourth-order valence-corrected chi connectivity index (χ4v) is 1.71. The lowest BCUT2D eigenvalue weighted by Gasteiger charge is -2.13. The topological polar surface area (TPSA) is 81.7 Å². The molecule has 6 heteroatoms. The summed E-state index contributed by atoms with van der Waals surface area (Å²) in [5.74, 6) is 3.25. The van der Waals surface area contributed by atoms with Gasteiger partial charge in [-0.25, -0.2) is 15.0 Å². The number of rotatable bonds is 4. The van der Waals surface area contributed by atoms with E-state index in [-0.39, 0.29) is 5.92 Å². The lowest BCUT2D eigenvalue weighted by Crippen LogP contribution is -2.12. The van der Waals surface area contributed by atoms with Crippen molar-refractivity contribution in [1.82, 2.24) is 19.5 Å². The summed E-state index contributed by atoms with van der Waals surface area (Å²) in [5, 5.41) is 3.28. The van der Waals surface area contributed by atoms with E-state index in [1.54, 1.807) is 6.20 Å². The van der Waals surface area contributed by atoms with Crippen LogP contribution in [0.25, 0.3) is 0 Å². The molecular formula is C13H20N6. The summed E-state index contributed by atoms with van der Waals surface area (Å²) in [6.07, 6.45) is 3.69. The minimum Gasteiger partial charge on any atom is -0.383 e. The highest BCUT2D eigenvalue weighted by Crippen LogP contribution is 2.21. The summed E-state index contributed by atoms with van der Waals surface area (Å²) in [6.45, 7) is 6.62. The fourth-order valence-electron chi connectivity index (χ4n) is 1.71. The maximum atomic E-state index is 5.93. The van der Waals surface area contributed by atoms with Crippen molar-refractivity contribution in [2.45, 2.75) is 33.2 Å². The van der Waals surface area contributed by atoms with Crippen LogP contribution in [-0.2, 0) is 13.6 Å². The van der Waals surface area contributed by atoms with Crippen molar-refractivity contribution < 1.29 is 0 Å². The van der Waals surface area contributed by atoms with Crippen LogP contribution in [0.3, 0.4) is 0 Å². The van der Waals surface area contributed by atoms with E-state index in [1.165, 1.54) is 0 Å². The maximum absolute atomic E-state index is 5.93. The van der Waals surface area contributed by atoms with Crippen molar-refractivity contribution in [3.63, 3.8) is 0 Å². The van der Waals surface area contributed by atoms with Crippen LogP contribution in [0.4, 0.5) is 11.6 Å². The van der Waals surface area contributed by atoms with Crippen molar-refractivity contribution in [3.05, 3.63) is 29.6 Å². The summed E-state index contributed by atoms with van der Waals surface area (Å²) in [7, 11) is 1.96. The summed E-state index contributed by atoms with van der Waals surface area (Å²) < 4.78 is 1.97. The second-order valence-electron chi connectivity index (χ2n) is 4.90. The van der Waals surface area contributed by atoms with Crippen LogP contribution in [0.1, 0.15) is 37.0 Å². The summed E-state index contributed by atoms with van der Waals surface area (Å²) in [5.41, 5.74) is 6.80. The van der Waals surface area contributed by atoms with E-state index in [0.29, 0.717) is 12.4 Å². The molecule has 2 heterocycles. The van der Waals surface area contributed by atoms with E-state index in [1.807, 2.05) is 38.6 Å². The van der Waals surface area contributed by atoms with Crippen LogP contribution >= 0.6 is 0 Å². The van der Waals surface area contributed by atoms with Crippen LogP contribution in [-0.4, -0.2) is 19.5 Å². The highest BCUT2D eigenvalue weighted by atomic mass is 15.1. The smallest absolute Gasteiger partial charge is 0.135 e. The molecule has 3 N–H and O–H groups in total. The Morgan fingerprint density at radius 1 is 1.37 bits per heavy atom. The third kappa shape index (κ3) is 2.83. The number of nitrogen functional groups attached to an aromatic ring is 1. The Balaban J connectivity index is 2.22. The molecule has 0 radical (unpaired) electrons. The number of anilines is 2. The fraction of sp³-hybridized carbons (Fsp3) is 0.462. The summed E-state index contributed by atoms with van der Waals surface area (Å²) in [4.78, 5) is 13.1. The van der Waals surface area contributed by atoms with E-state index in [4.69, 9.17) is 5.73 Å². The molecular weight excluding hydrogens is 240 g/mol. The molecule has 19 heavy (non-hydrogen) atoms. The number of hydrogen-bond acceptors (Lipinski definition) is 5. The molecule has 0 bridgehead atoms. The monoisotopic (exact) mass is 260 g/mol. The van der Waals surface area contributed by atoms with Gasteiger partial charge >= 0.3 is 0 Å². The highest BCUT2D eigenvalue weighted by Gasteiger charge is 2.11. The van der Waals surface area contributed by atoms with Gasteiger partial charge < -0.3 is 15.6 Å². The molecule has 102 valence electrons. The predicted molar refractivity (Wildman–Crippen MR) is 75.8 cm³/mol. The van der Waals surface area contributed by atoms with Crippen LogP contribution in [0.2, 0.25) is 0 Å². The Kier molecular flexibility index (Phi) is 3.69. The van der Waals surface area contributed by atoms with Gasteiger partial charge in [0.05, 0.1) is 6.54 Å². The molecule has 0 aliphatic rings. The van der Waals surface area contributed by atoms with Gasteiger partial charge in [-0.2, -0.15) is 0 Å². The molecule has 0 aromatic carbocycles. The quantitative estimate of drug-likeness (QED) is 0.876. The molecule has 0 spiro atoms. The lowest BCUT2D eigenvalue weighted by atomic mass is 10.2. The zero-order chi connectivity index (χ0) is 14.0. The third-order valence-corrected chi connectivity index (χ3v) is 3.05. The van der Waals surface area contributed by atoms with Gasteiger partial charge in [-0.3, -0.25) is 0 Å². The van der Waals surface area contributed by atoms with Gasteiger partial charge in [0, 0.05) is 30.9 Å².